The molecule has 34 heavy (non-hydrogen) atoms. The summed E-state index contributed by atoms with van der Waals surface area (Å²) >= 11 is 0. The summed E-state index contributed by atoms with van der Waals surface area (Å²) < 4.78 is 5.50. The van der Waals surface area contributed by atoms with E-state index in [0.29, 0.717) is 42.7 Å². The molecule has 10 heteroatoms. The minimum atomic E-state index is -0.853. The first-order valence-electron chi connectivity index (χ1n) is 11.0. The second-order valence-corrected chi connectivity index (χ2v) is 9.20. The van der Waals surface area contributed by atoms with Gasteiger partial charge in [0.25, 0.3) is 0 Å². The predicted octanol–water partition coefficient (Wildman–Crippen LogP) is 2.74. The Kier molecular flexibility index (Phi) is 7.19. The number of nitrogens with zero attached hydrogens (tertiary/aromatic N) is 3. The molecule has 0 aliphatic carbocycles. The fourth-order valence-electron chi connectivity index (χ4n) is 3.67. The predicted molar refractivity (Wildman–Crippen MR) is 131 cm³/mol. The summed E-state index contributed by atoms with van der Waals surface area (Å²) in [5.41, 5.74) is 12.0. The molecule has 0 saturated carbocycles. The molecule has 2 heterocycles. The molecule has 1 aromatic carbocycles. The molecule has 0 spiro atoms. The molecular formula is C24H31N7O3. The molecule has 2 aromatic rings. The summed E-state index contributed by atoms with van der Waals surface area (Å²) in [5.74, 6) is -0.331. The van der Waals surface area contributed by atoms with Gasteiger partial charge >= 0.3 is 6.09 Å². The quantitative estimate of drug-likeness (QED) is 0.392. The number of nitrogens with two attached hydrogens (primary N) is 2. The number of carbonyl (C=O) groups is 2. The van der Waals surface area contributed by atoms with Crippen molar-refractivity contribution in [2.75, 3.05) is 18.4 Å². The third-order valence-corrected chi connectivity index (χ3v) is 5.48. The Bertz CT molecular complexity index is 1090. The van der Waals surface area contributed by atoms with E-state index in [1.807, 2.05) is 20.8 Å². The van der Waals surface area contributed by atoms with E-state index >= 15 is 0 Å². The highest BCUT2D eigenvalue weighted by atomic mass is 16.6. The van der Waals surface area contributed by atoms with Gasteiger partial charge in [-0.3, -0.25) is 15.2 Å². The Morgan fingerprint density at radius 3 is 2.35 bits per heavy atom. The highest BCUT2D eigenvalue weighted by molar-refractivity contribution is 6.07. The lowest BCUT2D eigenvalue weighted by molar-refractivity contribution is 0.0197. The van der Waals surface area contributed by atoms with Crippen molar-refractivity contribution in [1.82, 2.24) is 9.88 Å². The molecule has 1 fully saturated rings. The number of ether oxygens (including phenoxy) is 1. The fourth-order valence-corrected chi connectivity index (χ4v) is 3.67. The minimum absolute atomic E-state index is 0.00142. The average Bonchev–Trinajstić information content (AvgIpc) is 2.79. The highest BCUT2D eigenvalue weighted by Gasteiger charge is 2.40. The van der Waals surface area contributed by atoms with Gasteiger partial charge < -0.3 is 26.4 Å². The minimum Gasteiger partial charge on any atom is -0.444 e. The first kappa shape index (κ1) is 24.7. The number of hydrogen-bond acceptors (Lipinski definition) is 6. The maximum atomic E-state index is 12.6. The summed E-state index contributed by atoms with van der Waals surface area (Å²) in [6.07, 6.45) is 3.62. The molecule has 10 nitrogen and oxygen atoms in total. The van der Waals surface area contributed by atoms with Crippen molar-refractivity contribution in [3.8, 4) is 0 Å². The van der Waals surface area contributed by atoms with Gasteiger partial charge in [-0.25, -0.2) is 9.79 Å². The van der Waals surface area contributed by atoms with Crippen molar-refractivity contribution in [2.24, 2.45) is 16.5 Å². The number of amides is 2. The summed E-state index contributed by atoms with van der Waals surface area (Å²) in [4.78, 5) is 34.2. The molecule has 1 aliphatic rings. The fraction of sp³-hybridized carbons (Fsp3) is 0.375. The number of likely N-dealkylation sites (tertiary alicyclic amines) is 1. The number of aromatic nitrogens is 1. The lowest BCUT2D eigenvalue weighted by atomic mass is 9.85. The number of aliphatic imine (C=N–C) groups is 1. The van der Waals surface area contributed by atoms with Crippen molar-refractivity contribution < 1.29 is 14.3 Å². The van der Waals surface area contributed by atoms with Gasteiger partial charge in [0.15, 0.2) is 5.84 Å². The van der Waals surface area contributed by atoms with Crippen LogP contribution in [0.2, 0.25) is 0 Å². The highest BCUT2D eigenvalue weighted by Crippen LogP contribution is 2.29. The Hall–Kier alpha value is -3.95. The van der Waals surface area contributed by atoms with E-state index in [9.17, 15) is 9.59 Å². The van der Waals surface area contributed by atoms with E-state index in [0.717, 1.165) is 0 Å². The molecule has 1 saturated heterocycles. The maximum absolute atomic E-state index is 12.6. The topological polar surface area (TPSA) is 160 Å². The van der Waals surface area contributed by atoms with Crippen LogP contribution >= 0.6 is 0 Å². The SMILES string of the molecule is CC(C)(C)OC(=O)N1CCC(Nc2cccc(C(N)=O)c2)(C(N)=NC(=N)c2ccncc2)CC1. The summed E-state index contributed by atoms with van der Waals surface area (Å²) in [6, 6.07) is 10.2. The zero-order valence-corrected chi connectivity index (χ0v) is 19.7. The van der Waals surface area contributed by atoms with Crippen molar-refractivity contribution in [3.05, 3.63) is 59.9 Å². The van der Waals surface area contributed by atoms with E-state index in [2.05, 4.69) is 15.3 Å². The third kappa shape index (κ3) is 6.09. The van der Waals surface area contributed by atoms with Crippen LogP contribution in [-0.2, 0) is 4.74 Å². The zero-order valence-electron chi connectivity index (χ0n) is 19.7. The zero-order chi connectivity index (χ0) is 24.9. The molecule has 0 bridgehead atoms. The number of benzene rings is 1. The van der Waals surface area contributed by atoms with Gasteiger partial charge in [0.05, 0.1) is 5.54 Å². The Morgan fingerprint density at radius 1 is 1.12 bits per heavy atom. The van der Waals surface area contributed by atoms with Gasteiger partial charge in [-0.1, -0.05) is 6.07 Å². The van der Waals surface area contributed by atoms with Crippen LogP contribution < -0.4 is 16.8 Å². The number of pyridine rings is 1. The van der Waals surface area contributed by atoms with Gasteiger partial charge in [-0.15, -0.1) is 0 Å². The number of primary amides is 1. The number of nitrogens with one attached hydrogen (secondary N) is 2. The van der Waals surface area contributed by atoms with Crippen LogP contribution in [0.25, 0.3) is 0 Å². The number of amidine groups is 2. The Balaban J connectivity index is 1.89. The van der Waals surface area contributed by atoms with Gasteiger partial charge in [-0.05, 0) is 63.9 Å². The van der Waals surface area contributed by atoms with Crippen LogP contribution in [0.3, 0.4) is 0 Å². The van der Waals surface area contributed by atoms with E-state index in [-0.39, 0.29) is 11.7 Å². The third-order valence-electron chi connectivity index (χ3n) is 5.48. The smallest absolute Gasteiger partial charge is 0.410 e. The van der Waals surface area contributed by atoms with Crippen LogP contribution in [-0.4, -0.2) is 57.8 Å². The summed E-state index contributed by atoms with van der Waals surface area (Å²) in [7, 11) is 0. The largest absolute Gasteiger partial charge is 0.444 e. The molecule has 2 amide bonds. The molecule has 0 atom stereocenters. The molecule has 0 unspecified atom stereocenters. The van der Waals surface area contributed by atoms with Crippen LogP contribution in [0.4, 0.5) is 10.5 Å². The van der Waals surface area contributed by atoms with E-state index < -0.39 is 23.1 Å². The molecule has 0 radical (unpaired) electrons. The molecule has 3 rings (SSSR count). The van der Waals surface area contributed by atoms with E-state index in [1.165, 1.54) is 0 Å². The Labute approximate surface area is 198 Å². The van der Waals surface area contributed by atoms with Crippen LogP contribution in [0.5, 0.6) is 0 Å². The van der Waals surface area contributed by atoms with Crippen LogP contribution in [0.1, 0.15) is 49.5 Å². The normalized spacial score (nSPS) is 16.0. The van der Waals surface area contributed by atoms with E-state index in [1.54, 1.807) is 53.7 Å². The number of carbonyl (C=O) groups excluding carboxylic acids is 2. The first-order valence-corrected chi connectivity index (χ1v) is 11.0. The second kappa shape index (κ2) is 9.90. The van der Waals surface area contributed by atoms with Gasteiger partial charge in [0.2, 0.25) is 5.91 Å². The average molecular weight is 466 g/mol. The van der Waals surface area contributed by atoms with Gasteiger partial charge in [-0.2, -0.15) is 0 Å². The molecule has 6 N–H and O–H groups in total. The standard InChI is InChI=1S/C24H31N7O3/c1-23(2,3)34-22(33)31-13-9-24(10-14-31,30-18-6-4-5-17(15-18)20(26)32)21(27)29-19(25)16-7-11-28-12-8-16/h4-8,11-12,15,30H,9-10,13-14H2,1-3H3,(H2,26,32)(H3,25,27,29). The van der Waals surface area contributed by atoms with Crippen molar-refractivity contribution >= 4 is 29.4 Å². The van der Waals surface area contributed by atoms with E-state index in [4.69, 9.17) is 21.6 Å². The second-order valence-electron chi connectivity index (χ2n) is 9.20. The molecule has 1 aromatic heterocycles. The molecular weight excluding hydrogens is 434 g/mol. The lowest BCUT2D eigenvalue weighted by Crippen LogP contribution is -2.58. The number of anilines is 1. The monoisotopic (exact) mass is 465 g/mol. The van der Waals surface area contributed by atoms with Crippen molar-refractivity contribution in [3.63, 3.8) is 0 Å². The molecule has 1 aliphatic heterocycles. The number of rotatable bonds is 5. The van der Waals surface area contributed by atoms with Crippen LogP contribution in [0, 0.1) is 5.41 Å². The van der Waals surface area contributed by atoms with Crippen molar-refractivity contribution in [1.29, 1.82) is 5.41 Å². The molecule has 180 valence electrons. The van der Waals surface area contributed by atoms with Gasteiger partial charge in [0, 0.05) is 42.3 Å². The van der Waals surface area contributed by atoms with Gasteiger partial charge in [0.1, 0.15) is 11.4 Å². The lowest BCUT2D eigenvalue weighted by Gasteiger charge is -2.42. The summed E-state index contributed by atoms with van der Waals surface area (Å²) in [6.45, 7) is 6.21. The maximum Gasteiger partial charge on any atom is 0.410 e. The van der Waals surface area contributed by atoms with Crippen LogP contribution in [0.15, 0.2) is 53.8 Å². The van der Waals surface area contributed by atoms with Crippen molar-refractivity contribution in [2.45, 2.75) is 44.8 Å². The summed E-state index contributed by atoms with van der Waals surface area (Å²) in [5, 5.41) is 11.8. The number of hydrogen-bond donors (Lipinski definition) is 4. The number of piperidine rings is 1. The Morgan fingerprint density at radius 2 is 1.76 bits per heavy atom. The first-order chi connectivity index (χ1) is 16.0.